The first-order valence-electron chi connectivity index (χ1n) is 8.14. The van der Waals surface area contributed by atoms with E-state index in [-0.39, 0.29) is 5.25 Å². The van der Waals surface area contributed by atoms with Crippen LogP contribution in [-0.4, -0.2) is 15.2 Å². The van der Waals surface area contributed by atoms with Gasteiger partial charge in [-0.3, -0.25) is 5.10 Å². The van der Waals surface area contributed by atoms with Crippen LogP contribution >= 0.6 is 11.8 Å². The van der Waals surface area contributed by atoms with Crippen LogP contribution in [0, 0.1) is 0 Å². The highest BCUT2D eigenvalue weighted by Crippen LogP contribution is 2.39. The number of nitrogens with one attached hydrogen (secondary N) is 1. The number of rotatable bonds is 5. The highest BCUT2D eigenvalue weighted by Gasteiger charge is 2.18. The molecule has 4 heteroatoms. The largest absolute Gasteiger partial charge is 0.258 e. The lowest BCUT2D eigenvalue weighted by atomic mass is 10.0. The third-order valence-corrected chi connectivity index (χ3v) is 5.11. The summed E-state index contributed by atoms with van der Waals surface area (Å²) in [4.78, 5) is 4.67. The molecule has 0 unspecified atom stereocenters. The van der Waals surface area contributed by atoms with Gasteiger partial charge in [-0.05, 0) is 11.1 Å². The standard InChI is InChI=1S/C21H17N3S/c1-4-10-16(11-5-1)19(17-12-6-2-7-13-17)25-21-22-20(23-24-21)18-14-8-3-9-15-18/h1-15,19H,(H,22,23,24). The highest BCUT2D eigenvalue weighted by atomic mass is 32.2. The molecule has 0 aliphatic carbocycles. The van der Waals surface area contributed by atoms with Gasteiger partial charge in [0.1, 0.15) is 0 Å². The van der Waals surface area contributed by atoms with Gasteiger partial charge >= 0.3 is 0 Å². The van der Waals surface area contributed by atoms with Gasteiger partial charge in [0.05, 0.1) is 5.25 Å². The highest BCUT2D eigenvalue weighted by molar-refractivity contribution is 7.99. The molecule has 0 amide bonds. The molecule has 0 atom stereocenters. The fourth-order valence-corrected chi connectivity index (χ4v) is 3.75. The van der Waals surface area contributed by atoms with Crippen molar-refractivity contribution in [3.63, 3.8) is 0 Å². The van der Waals surface area contributed by atoms with E-state index in [9.17, 15) is 0 Å². The zero-order valence-electron chi connectivity index (χ0n) is 13.5. The molecule has 0 spiro atoms. The zero-order valence-corrected chi connectivity index (χ0v) is 14.4. The minimum atomic E-state index is 0.154. The summed E-state index contributed by atoms with van der Waals surface area (Å²) in [6, 6.07) is 31.0. The Morgan fingerprint density at radius 1 is 0.680 bits per heavy atom. The summed E-state index contributed by atoms with van der Waals surface area (Å²) in [7, 11) is 0. The Kier molecular flexibility index (Phi) is 4.61. The Hall–Kier alpha value is -2.85. The molecule has 0 aliphatic heterocycles. The number of thioether (sulfide) groups is 1. The Bertz CT molecular complexity index is 882. The number of aromatic amines is 1. The van der Waals surface area contributed by atoms with E-state index in [1.165, 1.54) is 11.1 Å². The van der Waals surface area contributed by atoms with Gasteiger partial charge in [0.15, 0.2) is 5.82 Å². The van der Waals surface area contributed by atoms with E-state index in [1.54, 1.807) is 11.8 Å². The van der Waals surface area contributed by atoms with Crippen molar-refractivity contribution in [1.29, 1.82) is 0 Å². The molecular formula is C21H17N3S. The predicted molar refractivity (Wildman–Crippen MR) is 102 cm³/mol. The first-order chi connectivity index (χ1) is 12.4. The van der Waals surface area contributed by atoms with Crippen LogP contribution in [0.4, 0.5) is 0 Å². The summed E-state index contributed by atoms with van der Waals surface area (Å²) in [6.45, 7) is 0. The van der Waals surface area contributed by atoms with E-state index >= 15 is 0 Å². The van der Waals surface area contributed by atoms with Crippen LogP contribution in [0.5, 0.6) is 0 Å². The summed E-state index contributed by atoms with van der Waals surface area (Å²) in [5.74, 6) is 0.794. The normalized spacial score (nSPS) is 10.9. The molecule has 3 aromatic carbocycles. The van der Waals surface area contributed by atoms with Gasteiger partial charge in [-0.2, -0.15) is 0 Å². The molecule has 0 aliphatic rings. The van der Waals surface area contributed by atoms with Gasteiger partial charge in [0.2, 0.25) is 5.16 Å². The Labute approximate surface area is 151 Å². The number of H-pyrrole nitrogens is 1. The second kappa shape index (κ2) is 7.36. The van der Waals surface area contributed by atoms with Crippen molar-refractivity contribution >= 4 is 11.8 Å². The molecular weight excluding hydrogens is 326 g/mol. The fourth-order valence-electron chi connectivity index (χ4n) is 2.71. The smallest absolute Gasteiger partial charge is 0.209 e. The van der Waals surface area contributed by atoms with Crippen molar-refractivity contribution in [2.75, 3.05) is 0 Å². The molecule has 122 valence electrons. The molecule has 4 rings (SSSR count). The SMILES string of the molecule is c1ccc(-c2nc(SC(c3ccccc3)c3ccccc3)n[nH]2)cc1. The van der Waals surface area contributed by atoms with Crippen LogP contribution in [0.25, 0.3) is 11.4 Å². The van der Waals surface area contributed by atoms with Gasteiger partial charge in [-0.25, -0.2) is 4.98 Å². The maximum absolute atomic E-state index is 4.67. The van der Waals surface area contributed by atoms with E-state index in [1.807, 2.05) is 42.5 Å². The molecule has 0 bridgehead atoms. The molecule has 25 heavy (non-hydrogen) atoms. The van der Waals surface area contributed by atoms with Crippen molar-refractivity contribution in [3.05, 3.63) is 102 Å². The Morgan fingerprint density at radius 3 is 1.76 bits per heavy atom. The van der Waals surface area contributed by atoms with E-state index in [2.05, 4.69) is 63.7 Å². The third-order valence-electron chi connectivity index (χ3n) is 3.94. The maximum Gasteiger partial charge on any atom is 0.209 e. The first-order valence-corrected chi connectivity index (χ1v) is 9.02. The fraction of sp³-hybridized carbons (Fsp3) is 0.0476. The van der Waals surface area contributed by atoms with Gasteiger partial charge in [-0.15, -0.1) is 5.10 Å². The summed E-state index contributed by atoms with van der Waals surface area (Å²) in [5.41, 5.74) is 3.52. The molecule has 3 nitrogen and oxygen atoms in total. The van der Waals surface area contributed by atoms with Gasteiger partial charge in [0.25, 0.3) is 0 Å². The minimum absolute atomic E-state index is 0.154. The molecule has 1 N–H and O–H groups in total. The summed E-state index contributed by atoms with van der Waals surface area (Å²) >= 11 is 1.66. The van der Waals surface area contributed by atoms with Crippen LogP contribution in [-0.2, 0) is 0 Å². The lowest BCUT2D eigenvalue weighted by Gasteiger charge is -2.15. The van der Waals surface area contributed by atoms with Crippen LogP contribution in [0.2, 0.25) is 0 Å². The van der Waals surface area contributed by atoms with E-state index < -0.39 is 0 Å². The molecule has 1 aromatic heterocycles. The second-order valence-electron chi connectivity index (χ2n) is 5.65. The monoisotopic (exact) mass is 343 g/mol. The van der Waals surface area contributed by atoms with Crippen LogP contribution in [0.1, 0.15) is 16.4 Å². The predicted octanol–water partition coefficient (Wildman–Crippen LogP) is 5.35. The van der Waals surface area contributed by atoms with E-state index in [4.69, 9.17) is 0 Å². The number of aromatic nitrogens is 3. The summed E-state index contributed by atoms with van der Waals surface area (Å²) in [5, 5.41) is 8.36. The van der Waals surface area contributed by atoms with Crippen molar-refractivity contribution in [1.82, 2.24) is 15.2 Å². The number of nitrogens with zero attached hydrogens (tertiary/aromatic N) is 2. The Morgan fingerprint density at radius 2 is 1.20 bits per heavy atom. The molecule has 1 heterocycles. The number of hydrogen-bond acceptors (Lipinski definition) is 3. The second-order valence-corrected chi connectivity index (χ2v) is 6.72. The quantitative estimate of drug-likeness (QED) is 0.496. The van der Waals surface area contributed by atoms with Gasteiger partial charge in [0, 0.05) is 5.56 Å². The molecule has 0 saturated heterocycles. The minimum Gasteiger partial charge on any atom is -0.258 e. The number of hydrogen-bond donors (Lipinski definition) is 1. The zero-order chi connectivity index (χ0) is 16.9. The van der Waals surface area contributed by atoms with Crippen molar-refractivity contribution in [2.45, 2.75) is 10.4 Å². The topological polar surface area (TPSA) is 41.6 Å². The van der Waals surface area contributed by atoms with Crippen molar-refractivity contribution in [3.8, 4) is 11.4 Å². The van der Waals surface area contributed by atoms with Crippen LogP contribution < -0.4 is 0 Å². The van der Waals surface area contributed by atoms with Crippen molar-refractivity contribution < 1.29 is 0 Å². The summed E-state index contributed by atoms with van der Waals surface area (Å²) in [6.07, 6.45) is 0. The van der Waals surface area contributed by atoms with E-state index in [0.29, 0.717) is 0 Å². The van der Waals surface area contributed by atoms with Crippen LogP contribution in [0.15, 0.2) is 96.2 Å². The van der Waals surface area contributed by atoms with Crippen LogP contribution in [0.3, 0.4) is 0 Å². The first kappa shape index (κ1) is 15.7. The Balaban J connectivity index is 1.65. The average Bonchev–Trinajstić information content (AvgIpc) is 3.17. The number of benzene rings is 3. The van der Waals surface area contributed by atoms with Gasteiger partial charge < -0.3 is 0 Å². The molecule has 4 aromatic rings. The van der Waals surface area contributed by atoms with E-state index in [0.717, 1.165) is 16.5 Å². The molecule has 0 saturated carbocycles. The average molecular weight is 343 g/mol. The van der Waals surface area contributed by atoms with Crippen molar-refractivity contribution in [2.24, 2.45) is 0 Å². The lowest BCUT2D eigenvalue weighted by Crippen LogP contribution is -1.97. The third kappa shape index (κ3) is 3.64. The summed E-state index contributed by atoms with van der Waals surface area (Å²) < 4.78 is 0. The van der Waals surface area contributed by atoms with Gasteiger partial charge in [-0.1, -0.05) is 103 Å². The maximum atomic E-state index is 4.67. The molecule has 0 fully saturated rings. The lowest BCUT2D eigenvalue weighted by molar-refractivity contribution is 0.965. The molecule has 0 radical (unpaired) electrons.